The number of aromatic nitrogens is 2. The average Bonchev–Trinajstić information content (AvgIpc) is 2.85. The minimum Gasteiger partial charge on any atom is -0.385 e. The molecular formula is C11H16F4N3O5P. The number of rotatable bonds is 1. The van der Waals surface area contributed by atoms with Crippen molar-refractivity contribution >= 4 is 13.4 Å². The van der Waals surface area contributed by atoms with Gasteiger partial charge in [-0.1, -0.05) is 6.08 Å². The largest absolute Gasteiger partial charge is 0.397 e. The Morgan fingerprint density at radius 1 is 1.42 bits per heavy atom. The summed E-state index contributed by atoms with van der Waals surface area (Å²) in [6.45, 7) is 0. The van der Waals surface area contributed by atoms with E-state index < -0.39 is 37.6 Å². The van der Waals surface area contributed by atoms with Crippen molar-refractivity contribution in [1.82, 2.24) is 9.97 Å². The number of nitrogens with two attached hydrogens (primary N) is 1. The van der Waals surface area contributed by atoms with E-state index >= 15 is 0 Å². The van der Waals surface area contributed by atoms with E-state index in [4.69, 9.17) is 20.6 Å². The zero-order valence-corrected chi connectivity index (χ0v) is 13.0. The summed E-state index contributed by atoms with van der Waals surface area (Å²) in [7, 11) is -4.09. The van der Waals surface area contributed by atoms with Gasteiger partial charge in [0.2, 0.25) is 0 Å². The number of nitrogen functional groups attached to an aromatic ring is 1. The normalized spacial score (nSPS) is 17.1. The lowest BCUT2D eigenvalue weighted by molar-refractivity contribution is -0.167. The maximum absolute atomic E-state index is 12.2. The molecule has 24 heavy (non-hydrogen) atoms. The molecule has 8 nitrogen and oxygen atoms in total. The first-order chi connectivity index (χ1) is 10.9. The molecule has 1 aromatic heterocycles. The first kappa shape index (κ1) is 22.2. The molecule has 0 saturated heterocycles. The fourth-order valence-corrected chi connectivity index (χ4v) is 1.37. The Morgan fingerprint density at radius 3 is 2.17 bits per heavy atom. The SMILES string of the molecule is FC1=CCCC1C(F)(F)F.Nc1ccnc(=O)[nH]1.O=P(O)(O)CO. The molecule has 1 atom stereocenters. The number of aliphatic hydroxyl groups is 1. The van der Waals surface area contributed by atoms with Crippen LogP contribution in [-0.4, -0.2) is 37.4 Å². The highest BCUT2D eigenvalue weighted by molar-refractivity contribution is 7.51. The molecule has 0 saturated carbocycles. The molecule has 0 fully saturated rings. The second-order valence-electron chi connectivity index (χ2n) is 4.40. The molecule has 1 heterocycles. The fourth-order valence-electron chi connectivity index (χ4n) is 1.37. The zero-order chi connectivity index (χ0) is 19.0. The molecule has 1 aromatic rings. The van der Waals surface area contributed by atoms with E-state index in [1.165, 1.54) is 12.3 Å². The lowest BCUT2D eigenvalue weighted by Crippen LogP contribution is -2.20. The molecule has 1 aliphatic rings. The fraction of sp³-hybridized carbons (Fsp3) is 0.455. The van der Waals surface area contributed by atoms with Gasteiger partial charge in [0, 0.05) is 6.20 Å². The lowest BCUT2D eigenvalue weighted by atomic mass is 10.1. The number of nitrogens with zero attached hydrogens (tertiary/aromatic N) is 1. The van der Waals surface area contributed by atoms with Crippen LogP contribution in [0.2, 0.25) is 0 Å². The van der Waals surface area contributed by atoms with Crippen molar-refractivity contribution in [3.8, 4) is 0 Å². The summed E-state index contributed by atoms with van der Waals surface area (Å²) in [4.78, 5) is 31.2. The first-order valence-corrected chi connectivity index (χ1v) is 8.05. The Morgan fingerprint density at radius 2 is 1.96 bits per heavy atom. The number of alkyl halides is 3. The van der Waals surface area contributed by atoms with E-state index in [1.54, 1.807) is 0 Å². The van der Waals surface area contributed by atoms with Crippen molar-refractivity contribution in [1.29, 1.82) is 0 Å². The molecule has 0 aliphatic heterocycles. The smallest absolute Gasteiger partial charge is 0.385 e. The molecule has 0 aromatic carbocycles. The first-order valence-electron chi connectivity index (χ1n) is 6.25. The number of allylic oxidation sites excluding steroid dienone is 2. The lowest BCUT2D eigenvalue weighted by Gasteiger charge is -2.12. The van der Waals surface area contributed by atoms with E-state index in [0.717, 1.165) is 6.08 Å². The van der Waals surface area contributed by atoms with Gasteiger partial charge in [-0.25, -0.2) is 14.2 Å². The van der Waals surface area contributed by atoms with Gasteiger partial charge < -0.3 is 20.6 Å². The number of hydrogen-bond acceptors (Lipinski definition) is 5. The van der Waals surface area contributed by atoms with Gasteiger partial charge in [-0.3, -0.25) is 9.55 Å². The highest BCUT2D eigenvalue weighted by Gasteiger charge is 2.43. The van der Waals surface area contributed by atoms with E-state index in [1.807, 2.05) is 0 Å². The quantitative estimate of drug-likeness (QED) is 0.365. The van der Waals surface area contributed by atoms with Crippen LogP contribution in [0, 0.1) is 5.92 Å². The van der Waals surface area contributed by atoms with Crippen molar-refractivity contribution in [2.75, 3.05) is 12.1 Å². The van der Waals surface area contributed by atoms with E-state index in [9.17, 15) is 26.9 Å². The van der Waals surface area contributed by atoms with Gasteiger partial charge in [0.25, 0.3) is 0 Å². The van der Waals surface area contributed by atoms with Crippen molar-refractivity contribution in [2.24, 2.45) is 5.92 Å². The van der Waals surface area contributed by atoms with Crippen molar-refractivity contribution in [3.05, 3.63) is 34.7 Å². The number of halogens is 4. The molecule has 13 heteroatoms. The molecule has 0 spiro atoms. The van der Waals surface area contributed by atoms with Gasteiger partial charge in [-0.2, -0.15) is 13.2 Å². The molecule has 6 N–H and O–H groups in total. The number of nitrogens with one attached hydrogen (secondary N) is 1. The van der Waals surface area contributed by atoms with Crippen molar-refractivity contribution in [3.63, 3.8) is 0 Å². The topological polar surface area (TPSA) is 150 Å². The van der Waals surface area contributed by atoms with Crippen LogP contribution in [0.25, 0.3) is 0 Å². The minimum atomic E-state index is -4.39. The Balaban J connectivity index is 0.000000343. The van der Waals surface area contributed by atoms with E-state index in [2.05, 4.69) is 9.97 Å². The molecule has 1 aliphatic carbocycles. The van der Waals surface area contributed by atoms with E-state index in [-0.39, 0.29) is 12.8 Å². The van der Waals surface area contributed by atoms with Crippen LogP contribution in [0.4, 0.5) is 23.4 Å². The maximum atomic E-state index is 12.2. The third-order valence-corrected chi connectivity index (χ3v) is 2.77. The molecule has 1 unspecified atom stereocenters. The molecule has 0 radical (unpaired) electrons. The van der Waals surface area contributed by atoms with Crippen LogP contribution < -0.4 is 11.4 Å². The van der Waals surface area contributed by atoms with Crippen LogP contribution in [0.3, 0.4) is 0 Å². The second-order valence-corrected chi connectivity index (χ2v) is 6.01. The monoisotopic (exact) mass is 377 g/mol. The van der Waals surface area contributed by atoms with Crippen LogP contribution in [-0.2, 0) is 4.57 Å². The molecule has 2 rings (SSSR count). The third kappa shape index (κ3) is 10.1. The zero-order valence-electron chi connectivity index (χ0n) is 12.1. The summed E-state index contributed by atoms with van der Waals surface area (Å²) >= 11 is 0. The molecule has 138 valence electrons. The Labute approximate surface area is 133 Å². The summed E-state index contributed by atoms with van der Waals surface area (Å²) in [6.07, 6.45) is -3.03. The van der Waals surface area contributed by atoms with Gasteiger partial charge >= 0.3 is 19.5 Å². The highest BCUT2D eigenvalue weighted by atomic mass is 31.2. The minimum absolute atomic E-state index is 0.130. The Kier molecular flexibility index (Phi) is 8.83. The number of aromatic amines is 1. The van der Waals surface area contributed by atoms with Crippen LogP contribution >= 0.6 is 7.60 Å². The highest BCUT2D eigenvalue weighted by Crippen LogP contribution is 2.39. The average molecular weight is 377 g/mol. The van der Waals surface area contributed by atoms with Gasteiger partial charge in [0.1, 0.15) is 23.9 Å². The van der Waals surface area contributed by atoms with Gasteiger partial charge in [0.05, 0.1) is 0 Å². The Hall–Kier alpha value is -1.75. The van der Waals surface area contributed by atoms with E-state index in [0.29, 0.717) is 5.82 Å². The van der Waals surface area contributed by atoms with Crippen LogP contribution in [0.1, 0.15) is 12.8 Å². The number of hydrogen-bond donors (Lipinski definition) is 5. The standard InChI is InChI=1S/C6H6F4.C4H5N3O.CH5O4P/c7-5-3-1-2-4(5)6(8,9)10;5-3-1-2-6-4(8)7-3;2-1-6(3,4)5/h3-4H,1-2H2;1-2H,(H3,5,6,7,8);2H,1H2,(H2,3,4,5). The number of anilines is 1. The second kappa shape index (κ2) is 9.52. The summed E-state index contributed by atoms with van der Waals surface area (Å²) in [5.41, 5.74) is 4.75. The summed E-state index contributed by atoms with van der Waals surface area (Å²) in [5.74, 6) is -2.51. The maximum Gasteiger partial charge on any atom is 0.397 e. The summed E-state index contributed by atoms with van der Waals surface area (Å²) in [5, 5.41) is 7.64. The Bertz CT molecular complexity index is 643. The number of H-pyrrole nitrogens is 1. The number of aliphatic hydroxyl groups excluding tert-OH is 1. The molecule has 0 bridgehead atoms. The van der Waals surface area contributed by atoms with Gasteiger partial charge in [-0.05, 0) is 18.9 Å². The van der Waals surface area contributed by atoms with Gasteiger partial charge in [-0.15, -0.1) is 0 Å². The van der Waals surface area contributed by atoms with Crippen molar-refractivity contribution < 1.29 is 37.0 Å². The predicted molar refractivity (Wildman–Crippen MR) is 76.4 cm³/mol. The van der Waals surface area contributed by atoms with Crippen molar-refractivity contribution in [2.45, 2.75) is 19.0 Å². The summed E-state index contributed by atoms with van der Waals surface area (Å²) in [6, 6.07) is 1.52. The summed E-state index contributed by atoms with van der Waals surface area (Å²) < 4.78 is 56.9. The van der Waals surface area contributed by atoms with Crippen LogP contribution in [0.5, 0.6) is 0 Å². The molecular weight excluding hydrogens is 361 g/mol. The van der Waals surface area contributed by atoms with Gasteiger partial charge in [0.15, 0.2) is 0 Å². The van der Waals surface area contributed by atoms with Crippen LogP contribution in [0.15, 0.2) is 29.0 Å². The molecule has 0 amide bonds. The predicted octanol–water partition coefficient (Wildman–Crippen LogP) is 1.28. The third-order valence-electron chi connectivity index (χ3n) is 2.40.